The smallest absolute Gasteiger partial charge is 0.373 e. The van der Waals surface area contributed by atoms with E-state index in [1.807, 2.05) is 0 Å². The second-order valence-electron chi connectivity index (χ2n) is 6.91. The molecular weight excluding hydrogens is 560 g/mol. The van der Waals surface area contributed by atoms with Crippen molar-refractivity contribution in [1.82, 2.24) is 0 Å². The van der Waals surface area contributed by atoms with Crippen molar-refractivity contribution in [2.75, 3.05) is 6.54 Å². The Bertz CT molecular complexity index is 927. The lowest BCUT2D eigenvalue weighted by molar-refractivity contribution is 0.120. The van der Waals surface area contributed by atoms with E-state index in [2.05, 4.69) is 9.98 Å². The Morgan fingerprint density at radius 3 is 1.57 bits per heavy atom. The third kappa shape index (κ3) is 11.4. The molecule has 0 aromatic heterocycles. The van der Waals surface area contributed by atoms with Gasteiger partial charge in [0.15, 0.2) is 0 Å². The summed E-state index contributed by atoms with van der Waals surface area (Å²) in [6.45, 7) is 3.45. The van der Waals surface area contributed by atoms with Gasteiger partial charge in [0.05, 0.1) is 11.7 Å². The number of aliphatic imine (C=N–C) groups is 2. The first-order chi connectivity index (χ1) is 15.4. The van der Waals surface area contributed by atoms with Gasteiger partial charge in [0, 0.05) is 19.2 Å². The zero-order valence-corrected chi connectivity index (χ0v) is 22.2. The van der Waals surface area contributed by atoms with Gasteiger partial charge in [-0.1, -0.05) is 6.92 Å². The molecule has 0 aromatic rings. The van der Waals surface area contributed by atoms with Gasteiger partial charge >= 0.3 is 30.4 Å². The first kappa shape index (κ1) is 36.4. The van der Waals surface area contributed by atoms with Crippen LogP contribution in [0.4, 0.5) is 0 Å². The predicted molar refractivity (Wildman–Crippen MR) is 125 cm³/mol. The van der Waals surface area contributed by atoms with Crippen molar-refractivity contribution in [2.24, 2.45) is 21.5 Å². The molecule has 0 aliphatic rings. The summed E-state index contributed by atoms with van der Waals surface area (Å²) in [5, 5.41) is 11.9. The van der Waals surface area contributed by atoms with Gasteiger partial charge in [0.25, 0.3) is 10.2 Å². The second kappa shape index (κ2) is 13.7. The van der Waals surface area contributed by atoms with Crippen LogP contribution in [0.2, 0.25) is 0 Å². The number of rotatable bonds is 12. The van der Waals surface area contributed by atoms with E-state index in [0.29, 0.717) is 18.5 Å². The van der Waals surface area contributed by atoms with E-state index in [4.69, 9.17) is 50.6 Å². The van der Waals surface area contributed by atoms with E-state index in [0.717, 1.165) is 0 Å². The monoisotopic (exact) mass is 592 g/mol. The van der Waals surface area contributed by atoms with Crippen molar-refractivity contribution in [3.05, 3.63) is 12.3 Å². The van der Waals surface area contributed by atoms with E-state index in [-0.39, 0.29) is 31.3 Å². The fourth-order valence-electron chi connectivity index (χ4n) is 1.88. The van der Waals surface area contributed by atoms with Crippen molar-refractivity contribution < 1.29 is 67.6 Å². The van der Waals surface area contributed by atoms with E-state index in [1.165, 1.54) is 0 Å². The van der Waals surface area contributed by atoms with E-state index in [1.54, 1.807) is 13.8 Å². The topological polar surface area (TPSA) is 347 Å². The molecule has 0 bridgehead atoms. The predicted octanol–water partition coefficient (Wildman–Crippen LogP) is -1.20. The molecule has 14 N–H and O–H groups in total. The Hall–Kier alpha value is -0.800. The molecule has 0 fully saturated rings. The Morgan fingerprint density at radius 2 is 1.26 bits per heavy atom. The molecule has 0 radical (unpaired) electrons. The number of aliphatic hydroxyl groups is 2. The first-order valence-electron chi connectivity index (χ1n) is 9.31. The number of hydrogen-bond donors (Lipinski definition) is 12. The van der Waals surface area contributed by atoms with Gasteiger partial charge in [-0.3, -0.25) is 23.3 Å². The van der Waals surface area contributed by atoms with Gasteiger partial charge < -0.3 is 60.8 Å². The summed E-state index contributed by atoms with van der Waals surface area (Å²) in [4.78, 5) is 77.5. The van der Waals surface area contributed by atoms with Crippen LogP contribution in [0.3, 0.4) is 0 Å². The molecule has 0 spiro atoms. The fraction of sp³-hybridized carbons (Fsp3) is 0.692. The summed E-state index contributed by atoms with van der Waals surface area (Å²) < 4.78 is 43.7. The van der Waals surface area contributed by atoms with Crippen LogP contribution in [0.5, 0.6) is 0 Å². The molecule has 0 heterocycles. The summed E-state index contributed by atoms with van der Waals surface area (Å²) in [6, 6.07) is 0. The molecule has 35 heavy (non-hydrogen) atoms. The van der Waals surface area contributed by atoms with Gasteiger partial charge in [-0.05, 0) is 32.3 Å². The molecule has 0 aromatic carbocycles. The minimum absolute atomic E-state index is 0.0104. The van der Waals surface area contributed by atoms with Gasteiger partial charge in [-0.2, -0.15) is 0 Å². The molecule has 0 saturated carbocycles. The SMILES string of the molecule is CC(N)=NCCCCC(O)(P(=O)(O)O)P(=O)(O)O.CCC(N)=NC=CC(O)(P(=O)(O)O)P(=O)(O)O. The van der Waals surface area contributed by atoms with Crippen LogP contribution in [0.1, 0.15) is 39.5 Å². The maximum atomic E-state index is 11.0. The molecule has 0 saturated heterocycles. The quantitative estimate of drug-likeness (QED) is 0.0548. The second-order valence-corrected chi connectivity index (χ2v) is 14.8. The number of nitrogens with zero attached hydrogens (tertiary/aromatic N) is 2. The summed E-state index contributed by atoms with van der Waals surface area (Å²) in [5.41, 5.74) is 10.5. The highest BCUT2D eigenvalue weighted by Crippen LogP contribution is 2.69. The van der Waals surface area contributed by atoms with Crippen molar-refractivity contribution >= 4 is 42.1 Å². The van der Waals surface area contributed by atoms with Crippen LogP contribution >= 0.6 is 30.4 Å². The van der Waals surface area contributed by atoms with E-state index < -0.39 is 47.0 Å². The van der Waals surface area contributed by atoms with Crippen molar-refractivity contribution in [3.63, 3.8) is 0 Å². The number of amidine groups is 2. The molecule has 0 atom stereocenters. The lowest BCUT2D eigenvalue weighted by Gasteiger charge is -2.29. The van der Waals surface area contributed by atoms with Crippen LogP contribution < -0.4 is 11.5 Å². The highest BCUT2D eigenvalue weighted by molar-refractivity contribution is 7.72. The zero-order valence-electron chi connectivity index (χ0n) is 18.6. The lowest BCUT2D eigenvalue weighted by Crippen LogP contribution is -2.28. The lowest BCUT2D eigenvalue weighted by atomic mass is 10.2. The van der Waals surface area contributed by atoms with Crippen molar-refractivity contribution in [3.8, 4) is 0 Å². The summed E-state index contributed by atoms with van der Waals surface area (Å²) in [5.74, 6) is 0.398. The minimum atomic E-state index is -5.48. The Labute approximate surface area is 200 Å². The Morgan fingerprint density at radius 1 is 0.829 bits per heavy atom. The zero-order chi connectivity index (χ0) is 28.5. The maximum Gasteiger partial charge on any atom is 0.373 e. The molecular formula is C13H32N4O14P4. The molecule has 0 rings (SSSR count). The molecule has 0 aliphatic heterocycles. The average Bonchev–Trinajstić information content (AvgIpc) is 2.63. The largest absolute Gasteiger partial charge is 0.388 e. The van der Waals surface area contributed by atoms with Crippen LogP contribution in [-0.4, -0.2) is 77.7 Å². The number of nitrogens with two attached hydrogens (primary N) is 2. The normalized spacial score (nSPS) is 15.2. The highest BCUT2D eigenvalue weighted by Gasteiger charge is 2.59. The van der Waals surface area contributed by atoms with Crippen molar-refractivity contribution in [1.29, 1.82) is 0 Å². The first-order valence-corrected chi connectivity index (χ1v) is 15.8. The third-order valence-electron chi connectivity index (χ3n) is 3.97. The summed E-state index contributed by atoms with van der Waals surface area (Å²) >= 11 is 0. The fourth-order valence-corrected chi connectivity index (χ4v) is 6.01. The number of unbranched alkanes of at least 4 members (excludes halogenated alkanes) is 1. The Kier molecular flexibility index (Phi) is 14.2. The Balaban J connectivity index is 0. The molecule has 0 unspecified atom stereocenters. The highest BCUT2D eigenvalue weighted by atomic mass is 31.2. The minimum Gasteiger partial charge on any atom is -0.388 e. The van der Waals surface area contributed by atoms with Gasteiger partial charge in [-0.25, -0.2) is 4.99 Å². The maximum absolute atomic E-state index is 11.0. The average molecular weight is 592 g/mol. The number of hydrogen-bond acceptors (Lipinski definition) is 8. The summed E-state index contributed by atoms with van der Waals surface area (Å²) in [7, 11) is -21.7. The summed E-state index contributed by atoms with van der Waals surface area (Å²) in [6.07, 6.45) is 0.754. The van der Waals surface area contributed by atoms with Gasteiger partial charge in [0.1, 0.15) is 0 Å². The van der Waals surface area contributed by atoms with Gasteiger partial charge in [0.2, 0.25) is 0 Å². The molecule has 0 aliphatic carbocycles. The third-order valence-corrected chi connectivity index (χ3v) is 11.4. The van der Waals surface area contributed by atoms with Crippen LogP contribution in [0.15, 0.2) is 22.3 Å². The molecule has 22 heteroatoms. The molecule has 18 nitrogen and oxygen atoms in total. The standard InChI is InChI=1S/C7H18N2O7P2.C6H14N2O7P2/c1-6(8)9-5-3-2-4-7(10,17(11,12)13)18(14,15)16;1-2-5(7)8-4-3-6(9,16(10,11)12)17(13,14)15/h10H,2-5H2,1H3,(H2,8,9)(H2,11,12,13)(H2,14,15,16);3-4,9H,2H2,1H3,(H2,7,8)(H2,10,11,12)(H2,13,14,15). The van der Waals surface area contributed by atoms with E-state index in [9.17, 15) is 28.5 Å². The molecule has 208 valence electrons. The van der Waals surface area contributed by atoms with Crippen LogP contribution in [-0.2, 0) is 18.3 Å². The molecule has 0 amide bonds. The van der Waals surface area contributed by atoms with E-state index >= 15 is 0 Å². The van der Waals surface area contributed by atoms with Crippen LogP contribution in [0, 0.1) is 0 Å². The van der Waals surface area contributed by atoms with Crippen molar-refractivity contribution in [2.45, 2.75) is 49.7 Å². The van der Waals surface area contributed by atoms with Crippen LogP contribution in [0.25, 0.3) is 0 Å². The van der Waals surface area contributed by atoms with Gasteiger partial charge in [-0.15, -0.1) is 0 Å².